The van der Waals surface area contributed by atoms with Gasteiger partial charge in [-0.25, -0.2) is 13.2 Å². The second kappa shape index (κ2) is 7.02. The largest absolute Gasteiger partial charge is 0.465 e. The highest BCUT2D eigenvalue weighted by atomic mass is 35.5. The van der Waals surface area contributed by atoms with Gasteiger partial charge in [0.05, 0.1) is 23.4 Å². The molecule has 0 aromatic heterocycles. The Kier molecular flexibility index (Phi) is 5.28. The number of anilines is 1. The lowest BCUT2D eigenvalue weighted by Crippen LogP contribution is -2.31. The summed E-state index contributed by atoms with van der Waals surface area (Å²) in [5.74, 6) is -0.624. The van der Waals surface area contributed by atoms with Crippen molar-refractivity contribution in [1.29, 1.82) is 0 Å². The molecule has 2 aromatic carbocycles. The summed E-state index contributed by atoms with van der Waals surface area (Å²) in [6, 6.07) is 12.7. The SMILES string of the molecule is CCN(c1ccccc1)S(=O)(=O)c1cc(C(=O)OC)ccc1Cl. The first-order chi connectivity index (χ1) is 10.9. The third-order valence-electron chi connectivity index (χ3n) is 3.25. The Balaban J connectivity index is 2.56. The summed E-state index contributed by atoms with van der Waals surface area (Å²) >= 11 is 6.06. The maximum Gasteiger partial charge on any atom is 0.337 e. The lowest BCUT2D eigenvalue weighted by atomic mass is 10.2. The normalized spacial score (nSPS) is 11.1. The summed E-state index contributed by atoms with van der Waals surface area (Å²) in [5, 5.41) is 0.0482. The van der Waals surface area contributed by atoms with E-state index in [4.69, 9.17) is 11.6 Å². The van der Waals surface area contributed by atoms with Gasteiger partial charge in [-0.3, -0.25) is 4.31 Å². The molecule has 0 aliphatic carbocycles. The van der Waals surface area contributed by atoms with Gasteiger partial charge in [-0.1, -0.05) is 29.8 Å². The van der Waals surface area contributed by atoms with Gasteiger partial charge < -0.3 is 4.74 Å². The number of halogens is 1. The topological polar surface area (TPSA) is 63.7 Å². The molecule has 0 aliphatic heterocycles. The summed E-state index contributed by atoms with van der Waals surface area (Å²) in [5.41, 5.74) is 0.647. The summed E-state index contributed by atoms with van der Waals surface area (Å²) < 4.78 is 31.7. The van der Waals surface area contributed by atoms with E-state index in [-0.39, 0.29) is 22.0 Å². The fourth-order valence-electron chi connectivity index (χ4n) is 2.15. The van der Waals surface area contributed by atoms with E-state index in [0.717, 1.165) is 0 Å². The lowest BCUT2D eigenvalue weighted by molar-refractivity contribution is 0.0600. The van der Waals surface area contributed by atoms with Crippen molar-refractivity contribution in [2.24, 2.45) is 0 Å². The van der Waals surface area contributed by atoms with Gasteiger partial charge in [0.2, 0.25) is 0 Å². The Morgan fingerprint density at radius 3 is 2.39 bits per heavy atom. The van der Waals surface area contributed by atoms with Gasteiger partial charge in [-0.05, 0) is 37.3 Å². The van der Waals surface area contributed by atoms with E-state index >= 15 is 0 Å². The van der Waals surface area contributed by atoms with Crippen LogP contribution in [0.4, 0.5) is 5.69 Å². The Hall–Kier alpha value is -2.05. The number of carbonyl (C=O) groups is 1. The molecule has 0 saturated carbocycles. The molecule has 0 spiro atoms. The predicted octanol–water partition coefficient (Wildman–Crippen LogP) is 3.34. The fraction of sp³-hybridized carbons (Fsp3) is 0.188. The first-order valence-electron chi connectivity index (χ1n) is 6.87. The zero-order chi connectivity index (χ0) is 17.0. The van der Waals surface area contributed by atoms with E-state index in [0.29, 0.717) is 5.69 Å². The highest BCUT2D eigenvalue weighted by Crippen LogP contribution is 2.29. The Labute approximate surface area is 140 Å². The number of para-hydroxylation sites is 1. The van der Waals surface area contributed by atoms with Crippen LogP contribution < -0.4 is 4.31 Å². The molecular formula is C16H16ClNO4S. The number of carbonyl (C=O) groups excluding carboxylic acids is 1. The zero-order valence-corrected chi connectivity index (χ0v) is 14.3. The molecule has 0 N–H and O–H groups in total. The molecule has 0 unspecified atom stereocenters. The number of sulfonamides is 1. The number of hydrogen-bond donors (Lipinski definition) is 0. The molecule has 0 atom stereocenters. The van der Waals surface area contributed by atoms with E-state index < -0.39 is 16.0 Å². The molecule has 0 radical (unpaired) electrons. The van der Waals surface area contributed by atoms with E-state index in [1.54, 1.807) is 37.3 Å². The van der Waals surface area contributed by atoms with Crippen LogP contribution in [0.5, 0.6) is 0 Å². The molecule has 0 bridgehead atoms. The van der Waals surface area contributed by atoms with Crippen molar-refractivity contribution in [3.8, 4) is 0 Å². The monoisotopic (exact) mass is 353 g/mol. The summed E-state index contributed by atoms with van der Waals surface area (Å²) in [7, 11) is -2.68. The van der Waals surface area contributed by atoms with Crippen molar-refractivity contribution in [3.63, 3.8) is 0 Å². The van der Waals surface area contributed by atoms with Gasteiger partial charge in [-0.2, -0.15) is 0 Å². The maximum atomic E-state index is 12.9. The average molecular weight is 354 g/mol. The first kappa shape index (κ1) is 17.3. The third kappa shape index (κ3) is 3.48. The summed E-state index contributed by atoms with van der Waals surface area (Å²) in [6.07, 6.45) is 0. The third-order valence-corrected chi connectivity index (χ3v) is 5.64. The summed E-state index contributed by atoms with van der Waals surface area (Å²) in [4.78, 5) is 11.5. The maximum absolute atomic E-state index is 12.9. The van der Waals surface area contributed by atoms with Crippen LogP contribution in [0.1, 0.15) is 17.3 Å². The lowest BCUT2D eigenvalue weighted by Gasteiger charge is -2.23. The van der Waals surface area contributed by atoms with Gasteiger partial charge in [0.1, 0.15) is 4.90 Å². The molecule has 2 rings (SSSR count). The second-order valence-electron chi connectivity index (χ2n) is 4.64. The smallest absolute Gasteiger partial charge is 0.337 e. The number of hydrogen-bond acceptors (Lipinski definition) is 4. The number of nitrogens with zero attached hydrogens (tertiary/aromatic N) is 1. The Bertz CT molecular complexity index is 806. The van der Waals surface area contributed by atoms with Crippen LogP contribution in [0, 0.1) is 0 Å². The van der Waals surface area contributed by atoms with Crippen LogP contribution in [0.15, 0.2) is 53.4 Å². The first-order valence-corrected chi connectivity index (χ1v) is 8.69. The molecule has 23 heavy (non-hydrogen) atoms. The van der Waals surface area contributed by atoms with Crippen molar-refractivity contribution in [3.05, 3.63) is 59.1 Å². The predicted molar refractivity (Wildman–Crippen MR) is 89.4 cm³/mol. The molecule has 0 saturated heterocycles. The van der Waals surface area contributed by atoms with Crippen LogP contribution in [0.25, 0.3) is 0 Å². The summed E-state index contributed by atoms with van der Waals surface area (Å²) in [6.45, 7) is 1.95. The number of rotatable bonds is 5. The van der Waals surface area contributed by atoms with Crippen LogP contribution in [-0.4, -0.2) is 28.0 Å². The number of esters is 1. The average Bonchev–Trinajstić information content (AvgIpc) is 2.55. The minimum atomic E-state index is -3.91. The highest BCUT2D eigenvalue weighted by molar-refractivity contribution is 7.93. The van der Waals surface area contributed by atoms with Crippen molar-refractivity contribution in [1.82, 2.24) is 0 Å². The Morgan fingerprint density at radius 2 is 1.83 bits per heavy atom. The van der Waals surface area contributed by atoms with E-state index in [9.17, 15) is 13.2 Å². The molecule has 7 heteroatoms. The second-order valence-corrected chi connectivity index (χ2v) is 6.88. The molecule has 0 amide bonds. The van der Waals surface area contributed by atoms with Crippen LogP contribution >= 0.6 is 11.6 Å². The minimum Gasteiger partial charge on any atom is -0.465 e. The fourth-order valence-corrected chi connectivity index (χ4v) is 4.13. The number of ether oxygens (including phenoxy) is 1. The van der Waals surface area contributed by atoms with Crippen molar-refractivity contribution < 1.29 is 17.9 Å². The van der Waals surface area contributed by atoms with Crippen LogP contribution in [-0.2, 0) is 14.8 Å². The molecule has 0 heterocycles. The van der Waals surface area contributed by atoms with Gasteiger partial charge in [0.15, 0.2) is 0 Å². The van der Waals surface area contributed by atoms with Crippen molar-refractivity contribution in [2.45, 2.75) is 11.8 Å². The van der Waals surface area contributed by atoms with E-state index in [2.05, 4.69) is 4.74 Å². The standard InChI is InChI=1S/C16H16ClNO4S/c1-3-18(13-7-5-4-6-8-13)23(20,21)15-11-12(16(19)22-2)9-10-14(15)17/h4-11H,3H2,1-2H3. The number of methoxy groups -OCH3 is 1. The highest BCUT2D eigenvalue weighted by Gasteiger charge is 2.27. The minimum absolute atomic E-state index is 0.0482. The molecular weight excluding hydrogens is 338 g/mol. The quantitative estimate of drug-likeness (QED) is 0.773. The molecule has 0 fully saturated rings. The van der Waals surface area contributed by atoms with Gasteiger partial charge in [-0.15, -0.1) is 0 Å². The zero-order valence-electron chi connectivity index (χ0n) is 12.7. The number of benzene rings is 2. The van der Waals surface area contributed by atoms with E-state index in [1.807, 2.05) is 0 Å². The van der Waals surface area contributed by atoms with E-state index in [1.165, 1.54) is 29.6 Å². The molecule has 2 aromatic rings. The van der Waals surface area contributed by atoms with Crippen molar-refractivity contribution in [2.75, 3.05) is 18.0 Å². The van der Waals surface area contributed by atoms with Gasteiger partial charge in [0, 0.05) is 6.54 Å². The molecule has 5 nitrogen and oxygen atoms in total. The Morgan fingerprint density at radius 1 is 1.17 bits per heavy atom. The van der Waals surface area contributed by atoms with Crippen LogP contribution in [0.3, 0.4) is 0 Å². The van der Waals surface area contributed by atoms with Crippen molar-refractivity contribution >= 4 is 33.3 Å². The molecule has 0 aliphatic rings. The molecule has 122 valence electrons. The van der Waals surface area contributed by atoms with Gasteiger partial charge in [0.25, 0.3) is 10.0 Å². The van der Waals surface area contributed by atoms with Gasteiger partial charge >= 0.3 is 5.97 Å². The van der Waals surface area contributed by atoms with Crippen LogP contribution in [0.2, 0.25) is 5.02 Å².